The third-order valence-electron chi connectivity index (χ3n) is 6.20. The molecule has 1 aromatic heterocycles. The van der Waals surface area contributed by atoms with Gasteiger partial charge in [0.2, 0.25) is 0 Å². The average molecular weight is 393 g/mol. The first-order chi connectivity index (χ1) is 14.1. The molecule has 0 fully saturated rings. The number of hydrogen-bond acceptors (Lipinski definition) is 5. The number of nitrogens with one attached hydrogen (secondary N) is 1. The Kier molecular flexibility index (Phi) is 4.32. The molecule has 0 amide bonds. The number of rotatable bonds is 5. The monoisotopic (exact) mass is 392 g/mol. The molecular formula is C23H28N4O2. The molecule has 1 atom stereocenters. The van der Waals surface area contributed by atoms with Crippen LogP contribution in [0.5, 0.6) is 5.75 Å². The number of nitrogens with zero attached hydrogens (tertiary/aromatic N) is 3. The Labute approximate surface area is 171 Å². The summed E-state index contributed by atoms with van der Waals surface area (Å²) in [5, 5.41) is 14.2. The molecule has 2 aliphatic rings. The van der Waals surface area contributed by atoms with Gasteiger partial charge in [-0.15, -0.1) is 0 Å². The highest BCUT2D eigenvalue weighted by Crippen LogP contribution is 2.48. The Morgan fingerprint density at radius 3 is 2.86 bits per heavy atom. The summed E-state index contributed by atoms with van der Waals surface area (Å²) in [5.41, 5.74) is 7.24. The van der Waals surface area contributed by atoms with Gasteiger partial charge in [-0.3, -0.25) is 0 Å². The second-order valence-electron chi connectivity index (χ2n) is 8.02. The van der Waals surface area contributed by atoms with E-state index in [0.717, 1.165) is 43.2 Å². The number of aliphatic hydroxyl groups is 1. The van der Waals surface area contributed by atoms with Crippen LogP contribution in [0, 0.1) is 6.92 Å². The maximum Gasteiger partial charge on any atom is 0.144 e. The highest BCUT2D eigenvalue weighted by molar-refractivity contribution is 5.94. The largest absolute Gasteiger partial charge is 0.494 e. The van der Waals surface area contributed by atoms with Crippen molar-refractivity contribution in [2.75, 3.05) is 49.0 Å². The molecule has 1 unspecified atom stereocenters. The van der Waals surface area contributed by atoms with E-state index in [1.807, 2.05) is 0 Å². The maximum atomic E-state index is 9.26. The fourth-order valence-corrected chi connectivity index (χ4v) is 4.90. The predicted octanol–water partition coefficient (Wildman–Crippen LogP) is 3.72. The number of hydrogen-bond donors (Lipinski definition) is 2. The second kappa shape index (κ2) is 6.88. The van der Waals surface area contributed by atoms with Crippen LogP contribution in [-0.2, 0) is 6.54 Å². The Hall–Kier alpha value is -2.86. The van der Waals surface area contributed by atoms with Gasteiger partial charge < -0.3 is 29.5 Å². The molecule has 29 heavy (non-hydrogen) atoms. The van der Waals surface area contributed by atoms with E-state index in [4.69, 9.17) is 4.74 Å². The molecule has 0 saturated heterocycles. The van der Waals surface area contributed by atoms with Gasteiger partial charge in [0.1, 0.15) is 17.6 Å². The molecule has 0 aliphatic carbocycles. The molecule has 6 heteroatoms. The fraction of sp³-hybridized carbons (Fsp3) is 0.391. The molecule has 2 aliphatic heterocycles. The van der Waals surface area contributed by atoms with Gasteiger partial charge >= 0.3 is 0 Å². The summed E-state index contributed by atoms with van der Waals surface area (Å²) in [7, 11) is 3.86. The Morgan fingerprint density at radius 1 is 1.21 bits per heavy atom. The zero-order valence-corrected chi connectivity index (χ0v) is 17.3. The normalized spacial score (nSPS) is 17.6. The van der Waals surface area contributed by atoms with Crippen LogP contribution in [0.4, 0.5) is 17.1 Å². The molecule has 152 valence electrons. The minimum absolute atomic E-state index is 0.0601. The van der Waals surface area contributed by atoms with E-state index in [1.54, 1.807) is 7.11 Å². The van der Waals surface area contributed by atoms with Gasteiger partial charge in [0.15, 0.2) is 0 Å². The first-order valence-corrected chi connectivity index (χ1v) is 10.3. The molecule has 2 N–H and O–H groups in total. The minimum atomic E-state index is 0.0601. The molecule has 0 saturated carbocycles. The van der Waals surface area contributed by atoms with Crippen LogP contribution in [0.3, 0.4) is 0 Å². The first-order valence-electron chi connectivity index (χ1n) is 10.3. The third kappa shape index (κ3) is 2.74. The molecule has 0 bridgehead atoms. The summed E-state index contributed by atoms with van der Waals surface area (Å²) in [6, 6.07) is 13.1. The Morgan fingerprint density at radius 2 is 2.07 bits per heavy atom. The Bertz CT molecular complexity index is 1070. The average Bonchev–Trinajstić information content (AvgIpc) is 3.25. The lowest BCUT2D eigenvalue weighted by Crippen LogP contribution is -2.34. The molecule has 5 rings (SSSR count). The van der Waals surface area contributed by atoms with Crippen LogP contribution < -0.4 is 19.9 Å². The zero-order valence-electron chi connectivity index (χ0n) is 17.3. The highest BCUT2D eigenvalue weighted by Gasteiger charge is 2.34. The van der Waals surface area contributed by atoms with Gasteiger partial charge in [-0.05, 0) is 43.2 Å². The van der Waals surface area contributed by atoms with Gasteiger partial charge in [-0.25, -0.2) is 0 Å². The molecule has 0 radical (unpaired) electrons. The molecule has 2 aromatic carbocycles. The van der Waals surface area contributed by atoms with Gasteiger partial charge in [0, 0.05) is 38.7 Å². The lowest BCUT2D eigenvalue weighted by Gasteiger charge is -2.32. The number of anilines is 3. The number of aryl methyl sites for hydroxylation is 1. The molecular weight excluding hydrogens is 364 g/mol. The Balaban J connectivity index is 1.59. The quantitative estimate of drug-likeness (QED) is 0.693. The van der Waals surface area contributed by atoms with Crippen LogP contribution in [0.1, 0.15) is 23.8 Å². The number of para-hydroxylation sites is 1. The first kappa shape index (κ1) is 18.2. The van der Waals surface area contributed by atoms with Crippen molar-refractivity contribution in [3.63, 3.8) is 0 Å². The number of methoxy groups -OCH3 is 1. The zero-order chi connectivity index (χ0) is 20.1. The summed E-state index contributed by atoms with van der Waals surface area (Å²) in [6.45, 7) is 5.12. The summed E-state index contributed by atoms with van der Waals surface area (Å²) < 4.78 is 8.13. The van der Waals surface area contributed by atoms with Crippen molar-refractivity contribution in [1.82, 2.24) is 4.57 Å². The number of aromatic nitrogens is 1. The van der Waals surface area contributed by atoms with Crippen molar-refractivity contribution < 1.29 is 9.84 Å². The van der Waals surface area contributed by atoms with Gasteiger partial charge in [0.25, 0.3) is 0 Å². The second-order valence-corrected chi connectivity index (χ2v) is 8.02. The topological polar surface area (TPSA) is 52.9 Å². The van der Waals surface area contributed by atoms with Crippen molar-refractivity contribution >= 4 is 28.0 Å². The predicted molar refractivity (Wildman–Crippen MR) is 118 cm³/mol. The van der Waals surface area contributed by atoms with Crippen LogP contribution in [0.25, 0.3) is 10.9 Å². The fourth-order valence-electron chi connectivity index (χ4n) is 4.90. The van der Waals surface area contributed by atoms with Gasteiger partial charge in [-0.2, -0.15) is 0 Å². The van der Waals surface area contributed by atoms with E-state index in [1.165, 1.54) is 27.8 Å². The van der Waals surface area contributed by atoms with E-state index >= 15 is 0 Å². The van der Waals surface area contributed by atoms with Crippen LogP contribution in [0.2, 0.25) is 0 Å². The van der Waals surface area contributed by atoms with Crippen LogP contribution in [-0.4, -0.2) is 43.5 Å². The van der Waals surface area contributed by atoms with E-state index in [9.17, 15) is 5.11 Å². The SMILES string of the molecule is COc1cc(C)cc2c1N(C)C(c1cc3cccc4c3n1CCN4CCCO)N2. The van der Waals surface area contributed by atoms with Gasteiger partial charge in [-0.1, -0.05) is 12.1 Å². The van der Waals surface area contributed by atoms with E-state index in [-0.39, 0.29) is 12.8 Å². The highest BCUT2D eigenvalue weighted by atomic mass is 16.5. The molecule has 0 spiro atoms. The van der Waals surface area contributed by atoms with Crippen LogP contribution >= 0.6 is 0 Å². The summed E-state index contributed by atoms with van der Waals surface area (Å²) in [6.07, 6.45) is 0.857. The lowest BCUT2D eigenvalue weighted by atomic mass is 10.1. The standard InChI is InChI=1S/C23H28N4O2/c1-15-12-17-22(20(13-15)29-3)25(2)23(24-17)19-14-16-6-4-7-18-21(16)27(19)10-9-26(18)8-5-11-28/h4,6-7,12-14,23-24,28H,5,8-11H2,1-3H3. The number of ether oxygens (including phenoxy) is 1. The third-order valence-corrected chi connectivity index (χ3v) is 6.20. The number of aliphatic hydroxyl groups excluding tert-OH is 1. The van der Waals surface area contributed by atoms with E-state index < -0.39 is 0 Å². The minimum Gasteiger partial charge on any atom is -0.494 e. The molecule has 6 nitrogen and oxygen atoms in total. The summed E-state index contributed by atoms with van der Waals surface area (Å²) in [4.78, 5) is 4.68. The smallest absolute Gasteiger partial charge is 0.144 e. The van der Waals surface area contributed by atoms with Crippen molar-refractivity contribution in [3.05, 3.63) is 47.7 Å². The van der Waals surface area contributed by atoms with E-state index in [2.05, 4.69) is 70.1 Å². The summed E-state index contributed by atoms with van der Waals surface area (Å²) >= 11 is 0. The molecule has 3 aromatic rings. The lowest BCUT2D eigenvalue weighted by molar-refractivity contribution is 0.289. The number of benzene rings is 2. The molecule has 3 heterocycles. The number of fused-ring (bicyclic) bond motifs is 1. The maximum absolute atomic E-state index is 9.26. The van der Waals surface area contributed by atoms with Crippen LogP contribution in [0.15, 0.2) is 36.4 Å². The van der Waals surface area contributed by atoms with Crippen molar-refractivity contribution in [2.45, 2.75) is 26.1 Å². The van der Waals surface area contributed by atoms with Gasteiger partial charge in [0.05, 0.1) is 29.7 Å². The van der Waals surface area contributed by atoms with Crippen molar-refractivity contribution in [3.8, 4) is 5.75 Å². The summed E-state index contributed by atoms with van der Waals surface area (Å²) in [5.74, 6) is 0.906. The van der Waals surface area contributed by atoms with E-state index in [0.29, 0.717) is 0 Å². The van der Waals surface area contributed by atoms with Crippen molar-refractivity contribution in [1.29, 1.82) is 0 Å². The van der Waals surface area contributed by atoms with Crippen molar-refractivity contribution in [2.24, 2.45) is 0 Å².